The van der Waals surface area contributed by atoms with Gasteiger partial charge in [0, 0.05) is 11.6 Å². The van der Waals surface area contributed by atoms with Crippen molar-refractivity contribution >= 4 is 39.4 Å². The number of nitrogens with one attached hydrogen (secondary N) is 1. The summed E-state index contributed by atoms with van der Waals surface area (Å²) in [6.45, 7) is -0.153. The van der Waals surface area contributed by atoms with Gasteiger partial charge in [0.1, 0.15) is 17.6 Å². The minimum Gasteiger partial charge on any atom is -0.481 e. The summed E-state index contributed by atoms with van der Waals surface area (Å²) in [4.78, 5) is 20.7. The van der Waals surface area contributed by atoms with Gasteiger partial charge in [-0.15, -0.1) is 0 Å². The molecule has 124 valence electrons. The third-order valence-electron chi connectivity index (χ3n) is 3.74. The molecule has 0 radical (unpaired) electrons. The third kappa shape index (κ3) is 2.99. The summed E-state index contributed by atoms with van der Waals surface area (Å²) in [5, 5.41) is 1.37. The van der Waals surface area contributed by atoms with Gasteiger partial charge in [-0.05, 0) is 36.4 Å². The Morgan fingerprint density at radius 1 is 1.12 bits per heavy atom. The number of ether oxygens (including phenoxy) is 1. The number of benzene rings is 2. The minimum absolute atomic E-state index is 0.153. The van der Waals surface area contributed by atoms with Crippen LogP contribution in [0.1, 0.15) is 0 Å². The van der Waals surface area contributed by atoms with Crippen LogP contribution >= 0.6 is 11.6 Å². The maximum Gasteiger partial charge on any atom is 0.276 e. The molecule has 0 saturated heterocycles. The third-order valence-corrected chi connectivity index (χ3v) is 4.07. The van der Waals surface area contributed by atoms with E-state index < -0.39 is 0 Å². The molecule has 4 rings (SSSR count). The van der Waals surface area contributed by atoms with Crippen molar-refractivity contribution in [3.63, 3.8) is 0 Å². The molecule has 4 aromatic rings. The summed E-state index contributed by atoms with van der Waals surface area (Å²) in [6.07, 6.45) is 3.21. The molecule has 0 aliphatic rings. The number of aromatic nitrogens is 3. The fourth-order valence-electron chi connectivity index (χ4n) is 2.59. The van der Waals surface area contributed by atoms with Crippen LogP contribution < -0.4 is 10.2 Å². The first-order chi connectivity index (χ1) is 12.2. The van der Waals surface area contributed by atoms with E-state index in [9.17, 15) is 4.79 Å². The zero-order chi connectivity index (χ0) is 17.2. The number of carbonyl (C=O) groups excluding carboxylic acids is 1. The second kappa shape index (κ2) is 6.41. The van der Waals surface area contributed by atoms with E-state index in [1.165, 1.54) is 0 Å². The Labute approximate surface area is 148 Å². The fourth-order valence-corrected chi connectivity index (χ4v) is 2.80. The number of hydrogen-bond donors (Lipinski definition) is 1. The zero-order valence-electron chi connectivity index (χ0n) is 13.0. The quantitative estimate of drug-likeness (QED) is 0.611. The molecule has 6 nitrogen and oxygen atoms in total. The highest BCUT2D eigenvalue weighted by atomic mass is 35.5. The van der Waals surface area contributed by atoms with Gasteiger partial charge in [0.25, 0.3) is 5.91 Å². The Morgan fingerprint density at radius 3 is 2.92 bits per heavy atom. The average Bonchev–Trinajstić information content (AvgIpc) is 3.04. The number of carbonyl (C=O) groups is 1. The number of nitrogens with zero attached hydrogens (tertiary/aromatic N) is 3. The Balaban J connectivity index is 1.50. The molecule has 0 bridgehead atoms. The van der Waals surface area contributed by atoms with Gasteiger partial charge in [0.2, 0.25) is 0 Å². The lowest BCUT2D eigenvalue weighted by atomic mass is 10.2. The van der Waals surface area contributed by atoms with Gasteiger partial charge in [0.15, 0.2) is 6.61 Å². The summed E-state index contributed by atoms with van der Waals surface area (Å²) in [7, 11) is 0. The summed E-state index contributed by atoms with van der Waals surface area (Å²) in [6, 6.07) is 14.6. The van der Waals surface area contributed by atoms with Crippen molar-refractivity contribution in [1.82, 2.24) is 14.6 Å². The van der Waals surface area contributed by atoms with Crippen molar-refractivity contribution in [1.29, 1.82) is 0 Å². The van der Waals surface area contributed by atoms with Crippen molar-refractivity contribution < 1.29 is 9.53 Å². The Kier molecular flexibility index (Phi) is 3.95. The van der Waals surface area contributed by atoms with Crippen LogP contribution in [-0.2, 0) is 4.79 Å². The van der Waals surface area contributed by atoms with Crippen molar-refractivity contribution in [3.8, 4) is 5.75 Å². The van der Waals surface area contributed by atoms with Crippen molar-refractivity contribution in [2.45, 2.75) is 0 Å². The van der Waals surface area contributed by atoms with Crippen LogP contribution in [0.3, 0.4) is 0 Å². The minimum atomic E-state index is -0.304. The predicted octanol–water partition coefficient (Wildman–Crippen LogP) is 3.39. The first kappa shape index (κ1) is 15.4. The molecule has 0 spiro atoms. The standard InChI is InChI=1S/C18H13ClN4O2/c19-13-7-8-16(18-12(13)4-3-9-20-18)25-10-17(24)22-23-11-21-14-5-1-2-6-15(14)23/h1-9,11H,10H2,(H,22,24). The van der Waals surface area contributed by atoms with Gasteiger partial charge in [-0.25, -0.2) is 9.66 Å². The van der Waals surface area contributed by atoms with E-state index in [4.69, 9.17) is 16.3 Å². The number of rotatable bonds is 4. The second-order valence-electron chi connectivity index (χ2n) is 5.37. The van der Waals surface area contributed by atoms with Gasteiger partial charge in [-0.2, -0.15) is 0 Å². The predicted molar refractivity (Wildman–Crippen MR) is 96.3 cm³/mol. The molecule has 2 aromatic carbocycles. The highest BCUT2D eigenvalue weighted by Crippen LogP contribution is 2.29. The number of halogens is 1. The number of amides is 1. The Morgan fingerprint density at radius 2 is 2.00 bits per heavy atom. The van der Waals surface area contributed by atoms with E-state index in [-0.39, 0.29) is 12.5 Å². The lowest BCUT2D eigenvalue weighted by Crippen LogP contribution is -2.27. The number of imidazole rings is 1. The molecule has 0 fully saturated rings. The number of pyridine rings is 1. The summed E-state index contributed by atoms with van der Waals surface area (Å²) in [5.41, 5.74) is 4.98. The lowest BCUT2D eigenvalue weighted by molar-refractivity contribution is -0.119. The molecule has 0 unspecified atom stereocenters. The lowest BCUT2D eigenvalue weighted by Gasteiger charge is -2.10. The number of para-hydroxylation sites is 2. The first-order valence-electron chi connectivity index (χ1n) is 7.60. The van der Waals surface area contributed by atoms with Crippen LogP contribution in [0.25, 0.3) is 21.9 Å². The van der Waals surface area contributed by atoms with Crippen LogP contribution in [0.5, 0.6) is 5.75 Å². The van der Waals surface area contributed by atoms with Gasteiger partial charge in [0.05, 0.1) is 16.1 Å². The maximum absolute atomic E-state index is 12.2. The highest BCUT2D eigenvalue weighted by molar-refractivity contribution is 6.35. The van der Waals surface area contributed by atoms with E-state index in [2.05, 4.69) is 15.4 Å². The van der Waals surface area contributed by atoms with Gasteiger partial charge >= 0.3 is 0 Å². The van der Waals surface area contributed by atoms with Gasteiger partial charge in [-0.1, -0.05) is 23.7 Å². The SMILES string of the molecule is O=C(COc1ccc(Cl)c2cccnc12)Nn1cnc2ccccc21. The first-order valence-corrected chi connectivity index (χ1v) is 7.98. The second-order valence-corrected chi connectivity index (χ2v) is 5.78. The van der Waals surface area contributed by atoms with E-state index >= 15 is 0 Å². The molecule has 0 saturated carbocycles. The maximum atomic E-state index is 12.2. The molecular weight excluding hydrogens is 340 g/mol. The normalized spacial score (nSPS) is 10.9. The van der Waals surface area contributed by atoms with Crippen molar-refractivity contribution in [3.05, 3.63) is 66.1 Å². The topological polar surface area (TPSA) is 69.0 Å². The summed E-state index contributed by atoms with van der Waals surface area (Å²) >= 11 is 6.16. The summed E-state index contributed by atoms with van der Waals surface area (Å²) < 4.78 is 7.20. The molecule has 7 heteroatoms. The molecule has 2 heterocycles. The Hall–Kier alpha value is -3.12. The molecular formula is C18H13ClN4O2. The Bertz CT molecular complexity index is 1080. The van der Waals surface area contributed by atoms with Crippen LogP contribution in [0.4, 0.5) is 0 Å². The number of fused-ring (bicyclic) bond motifs is 2. The summed E-state index contributed by atoms with van der Waals surface area (Å²) in [5.74, 6) is 0.202. The van der Waals surface area contributed by atoms with Gasteiger partial charge < -0.3 is 4.74 Å². The molecule has 0 aliphatic carbocycles. The van der Waals surface area contributed by atoms with Crippen LogP contribution in [0.2, 0.25) is 5.02 Å². The highest BCUT2D eigenvalue weighted by Gasteiger charge is 2.10. The van der Waals surface area contributed by atoms with Crippen LogP contribution in [0.15, 0.2) is 61.1 Å². The van der Waals surface area contributed by atoms with E-state index in [1.54, 1.807) is 35.4 Å². The zero-order valence-corrected chi connectivity index (χ0v) is 13.8. The molecule has 2 aromatic heterocycles. The molecule has 1 N–H and O–H groups in total. The average molecular weight is 353 g/mol. The molecule has 0 aliphatic heterocycles. The monoisotopic (exact) mass is 352 g/mol. The smallest absolute Gasteiger partial charge is 0.276 e. The van der Waals surface area contributed by atoms with Gasteiger partial charge in [-0.3, -0.25) is 15.2 Å². The van der Waals surface area contributed by atoms with E-state index in [0.29, 0.717) is 16.3 Å². The van der Waals surface area contributed by atoms with Crippen molar-refractivity contribution in [2.75, 3.05) is 12.0 Å². The largest absolute Gasteiger partial charge is 0.481 e. The number of hydrogen-bond acceptors (Lipinski definition) is 4. The van der Waals surface area contributed by atoms with Crippen LogP contribution in [-0.4, -0.2) is 27.2 Å². The van der Waals surface area contributed by atoms with Crippen LogP contribution in [0, 0.1) is 0 Å². The van der Waals surface area contributed by atoms with E-state index in [1.807, 2.05) is 30.3 Å². The molecule has 0 atom stereocenters. The molecule has 25 heavy (non-hydrogen) atoms. The van der Waals surface area contributed by atoms with E-state index in [0.717, 1.165) is 16.4 Å². The molecule has 1 amide bonds. The fraction of sp³-hybridized carbons (Fsp3) is 0.0556. The van der Waals surface area contributed by atoms with Crippen molar-refractivity contribution in [2.24, 2.45) is 0 Å².